The molecule has 0 N–H and O–H groups in total. The Hall–Kier alpha value is -2.15. The van der Waals surface area contributed by atoms with Crippen LogP contribution in [0.3, 0.4) is 0 Å². The quantitative estimate of drug-likeness (QED) is 0.362. The number of nitrogens with zero attached hydrogens (tertiary/aromatic N) is 1. The van der Waals surface area contributed by atoms with E-state index in [1.54, 1.807) is 0 Å². The van der Waals surface area contributed by atoms with E-state index >= 15 is 0 Å². The number of aromatic nitrogens is 1. The third-order valence-electron chi connectivity index (χ3n) is 9.70. The Balaban J connectivity index is 1.53. The molecule has 1 aromatic heterocycles. The third kappa shape index (κ3) is 3.63. The average molecular weight is 440 g/mol. The first-order valence-corrected chi connectivity index (χ1v) is 13.5. The molecule has 33 heavy (non-hydrogen) atoms. The standard InChI is InChI=1S/C32H40N/c1-20-15-27(24-7-5-6-8-24)19-30(22(20)3)32-29-14-13-26(18-28(29)16-21(2)33(32)4)31-17-23-9-11-25(31)12-10-23/h13-16,18-19,23-25,31H,5-12,17H2,1-4H3/q+1/i16D. The maximum atomic E-state index is 9.06. The van der Waals surface area contributed by atoms with Gasteiger partial charge < -0.3 is 0 Å². The summed E-state index contributed by atoms with van der Waals surface area (Å²) in [6.07, 6.45) is 12.4. The van der Waals surface area contributed by atoms with Crippen molar-refractivity contribution in [3.63, 3.8) is 0 Å². The van der Waals surface area contributed by atoms with Crippen LogP contribution in [-0.4, -0.2) is 0 Å². The average Bonchev–Trinajstić information content (AvgIpc) is 3.41. The molecule has 0 aliphatic heterocycles. The van der Waals surface area contributed by atoms with Crippen LogP contribution in [0.4, 0.5) is 0 Å². The molecule has 7 rings (SSSR count). The highest BCUT2D eigenvalue weighted by Gasteiger charge is 2.36. The fourth-order valence-electron chi connectivity index (χ4n) is 7.47. The molecule has 0 spiro atoms. The van der Waals surface area contributed by atoms with Crippen LogP contribution in [0.1, 0.15) is 98.9 Å². The number of fused-ring (bicyclic) bond motifs is 4. The first kappa shape index (κ1) is 20.2. The van der Waals surface area contributed by atoms with E-state index in [0.29, 0.717) is 17.9 Å². The van der Waals surface area contributed by atoms with Gasteiger partial charge in [-0.15, -0.1) is 0 Å². The summed E-state index contributed by atoms with van der Waals surface area (Å²) in [5, 5.41) is 2.39. The van der Waals surface area contributed by atoms with Crippen molar-refractivity contribution in [2.75, 3.05) is 0 Å². The summed E-state index contributed by atoms with van der Waals surface area (Å²) in [5.41, 5.74) is 9.50. The van der Waals surface area contributed by atoms with Crippen LogP contribution < -0.4 is 4.57 Å². The van der Waals surface area contributed by atoms with Crippen LogP contribution in [0.5, 0.6) is 0 Å². The maximum Gasteiger partial charge on any atom is 0.220 e. The van der Waals surface area contributed by atoms with Gasteiger partial charge in [0.15, 0.2) is 5.69 Å². The van der Waals surface area contributed by atoms with E-state index in [1.165, 1.54) is 96.7 Å². The van der Waals surface area contributed by atoms with E-state index in [0.717, 1.165) is 22.9 Å². The number of rotatable bonds is 3. The number of hydrogen-bond acceptors (Lipinski definition) is 0. The summed E-state index contributed by atoms with van der Waals surface area (Å²) in [6.45, 7) is 6.69. The van der Waals surface area contributed by atoms with Crippen LogP contribution in [0.25, 0.3) is 22.0 Å². The lowest BCUT2D eigenvalue weighted by molar-refractivity contribution is -0.665. The molecule has 0 amide bonds. The number of benzene rings is 2. The van der Waals surface area contributed by atoms with Gasteiger partial charge >= 0.3 is 0 Å². The molecule has 0 saturated heterocycles. The van der Waals surface area contributed by atoms with Crippen molar-refractivity contribution in [2.45, 2.75) is 90.4 Å². The minimum absolute atomic E-state index is 0.698. The number of aryl methyl sites for hydroxylation is 1. The van der Waals surface area contributed by atoms with Crippen molar-refractivity contribution in [2.24, 2.45) is 18.9 Å². The number of hydrogen-bond donors (Lipinski definition) is 0. The fourth-order valence-corrected chi connectivity index (χ4v) is 7.47. The van der Waals surface area contributed by atoms with E-state index in [9.17, 15) is 0 Å². The van der Waals surface area contributed by atoms with Gasteiger partial charge in [0.2, 0.25) is 5.69 Å². The zero-order chi connectivity index (χ0) is 23.6. The van der Waals surface area contributed by atoms with Gasteiger partial charge in [-0.2, -0.15) is 4.57 Å². The van der Waals surface area contributed by atoms with E-state index < -0.39 is 0 Å². The summed E-state index contributed by atoms with van der Waals surface area (Å²) >= 11 is 0. The Morgan fingerprint density at radius 2 is 1.64 bits per heavy atom. The van der Waals surface area contributed by atoms with Crippen molar-refractivity contribution in [1.29, 1.82) is 0 Å². The molecule has 1 heteroatoms. The Labute approximate surface area is 201 Å². The SMILES string of the molecule is [2H]c1c(C)[n+](C)c(-c2cc(C3CCCC3)cc(C)c2C)c2ccc(C3CC4CCC3CC4)cc12. The summed E-state index contributed by atoms with van der Waals surface area (Å²) in [7, 11) is 2.16. The zero-order valence-electron chi connectivity index (χ0n) is 22.0. The monoisotopic (exact) mass is 439 g/mol. The molecular weight excluding hydrogens is 398 g/mol. The molecule has 1 atom stereocenters. The molecule has 4 aliphatic carbocycles. The normalized spacial score (nSPS) is 25.7. The molecule has 0 radical (unpaired) electrons. The Morgan fingerprint density at radius 3 is 2.33 bits per heavy atom. The van der Waals surface area contributed by atoms with Gasteiger partial charge in [0, 0.05) is 13.0 Å². The second-order valence-corrected chi connectivity index (χ2v) is 11.5. The van der Waals surface area contributed by atoms with Crippen molar-refractivity contribution in [1.82, 2.24) is 0 Å². The molecule has 2 bridgehead atoms. The van der Waals surface area contributed by atoms with Gasteiger partial charge in [-0.1, -0.05) is 43.9 Å². The predicted molar refractivity (Wildman–Crippen MR) is 139 cm³/mol. The highest BCUT2D eigenvalue weighted by molar-refractivity contribution is 5.94. The Morgan fingerprint density at radius 1 is 0.879 bits per heavy atom. The molecule has 1 heterocycles. The first-order valence-electron chi connectivity index (χ1n) is 14.0. The minimum Gasteiger partial charge on any atom is -0.198 e. The zero-order valence-corrected chi connectivity index (χ0v) is 21.0. The molecule has 172 valence electrons. The van der Waals surface area contributed by atoms with Gasteiger partial charge in [-0.05, 0) is 109 Å². The van der Waals surface area contributed by atoms with Crippen LogP contribution in [0.2, 0.25) is 0 Å². The maximum absolute atomic E-state index is 9.06. The van der Waals surface area contributed by atoms with Gasteiger partial charge in [0.25, 0.3) is 0 Å². The highest BCUT2D eigenvalue weighted by atomic mass is 14.9. The van der Waals surface area contributed by atoms with Crippen LogP contribution >= 0.6 is 0 Å². The van der Waals surface area contributed by atoms with Crippen LogP contribution in [-0.2, 0) is 7.05 Å². The van der Waals surface area contributed by atoms with Gasteiger partial charge in [-0.25, -0.2) is 0 Å². The van der Waals surface area contributed by atoms with Crippen LogP contribution in [0, 0.1) is 32.6 Å². The summed E-state index contributed by atoms with van der Waals surface area (Å²) in [5.74, 6) is 3.18. The minimum atomic E-state index is 0.698. The second kappa shape index (κ2) is 8.26. The summed E-state index contributed by atoms with van der Waals surface area (Å²) < 4.78 is 11.3. The van der Waals surface area contributed by atoms with E-state index in [4.69, 9.17) is 1.37 Å². The molecular formula is C32H40N+. The molecule has 2 aromatic carbocycles. The van der Waals surface area contributed by atoms with Gasteiger partial charge in [0.1, 0.15) is 7.05 Å². The lowest BCUT2D eigenvalue weighted by Crippen LogP contribution is -2.35. The summed E-state index contributed by atoms with van der Waals surface area (Å²) in [4.78, 5) is 0. The van der Waals surface area contributed by atoms with Crippen molar-refractivity contribution >= 4 is 10.8 Å². The van der Waals surface area contributed by atoms with Gasteiger partial charge in [-0.3, -0.25) is 0 Å². The molecule has 3 aromatic rings. The molecule has 4 saturated carbocycles. The third-order valence-corrected chi connectivity index (χ3v) is 9.70. The van der Waals surface area contributed by atoms with E-state index in [1.807, 2.05) is 0 Å². The van der Waals surface area contributed by atoms with E-state index in [-0.39, 0.29) is 0 Å². The van der Waals surface area contributed by atoms with Gasteiger partial charge in [0.05, 0.1) is 12.3 Å². The predicted octanol–water partition coefficient (Wildman–Crippen LogP) is 8.21. The highest BCUT2D eigenvalue weighted by Crippen LogP contribution is 2.50. The Kier molecular flexibility index (Phi) is 5.07. The second-order valence-electron chi connectivity index (χ2n) is 11.5. The first-order chi connectivity index (χ1) is 16.4. The topological polar surface area (TPSA) is 3.88 Å². The Bertz CT molecular complexity index is 1260. The number of pyridine rings is 1. The van der Waals surface area contributed by atoms with Crippen molar-refractivity contribution < 1.29 is 5.94 Å². The van der Waals surface area contributed by atoms with Crippen molar-refractivity contribution in [3.05, 3.63) is 64.3 Å². The lowest BCUT2D eigenvalue weighted by Gasteiger charge is -2.42. The van der Waals surface area contributed by atoms with E-state index in [2.05, 4.69) is 62.7 Å². The lowest BCUT2D eigenvalue weighted by atomic mass is 9.63. The van der Waals surface area contributed by atoms with Crippen LogP contribution in [0.15, 0.2) is 36.4 Å². The van der Waals surface area contributed by atoms with Crippen molar-refractivity contribution in [3.8, 4) is 11.3 Å². The summed E-state index contributed by atoms with van der Waals surface area (Å²) in [6, 6.07) is 12.8. The molecule has 4 fully saturated rings. The molecule has 4 aliphatic rings. The molecule has 1 unspecified atom stereocenters. The largest absolute Gasteiger partial charge is 0.220 e. The smallest absolute Gasteiger partial charge is 0.198 e. The molecule has 1 nitrogen and oxygen atoms in total. The fraction of sp³-hybridized carbons (Fsp3) is 0.531.